The molecule has 12 aromatic rings. The Morgan fingerprint density at radius 3 is 0.738 bits per heavy atom. The fourth-order valence-electron chi connectivity index (χ4n) is 11.0. The third-order valence-electron chi connectivity index (χ3n) is 17.5. The summed E-state index contributed by atoms with van der Waals surface area (Å²) in [5, 5.41) is 55.4. The van der Waals surface area contributed by atoms with Crippen molar-refractivity contribution >= 4 is 167 Å². The Balaban J connectivity index is 0.000000185. The first-order chi connectivity index (χ1) is 58.2. The van der Waals surface area contributed by atoms with Gasteiger partial charge in [-0.2, -0.15) is 0 Å². The van der Waals surface area contributed by atoms with Crippen LogP contribution in [0.1, 0.15) is 116 Å². The average molecular weight is 1760 g/mol. The summed E-state index contributed by atoms with van der Waals surface area (Å²) in [6, 6.07) is 63.9. The number of halogens is 4. The highest BCUT2D eigenvalue weighted by atomic mass is 79.9. The molecule has 122 heavy (non-hydrogen) atoms. The van der Waals surface area contributed by atoms with Crippen molar-refractivity contribution in [3.8, 4) is 0 Å². The van der Waals surface area contributed by atoms with Gasteiger partial charge in [0, 0.05) is 130 Å². The van der Waals surface area contributed by atoms with Crippen LogP contribution in [0.15, 0.2) is 260 Å². The molecule has 4 heterocycles. The van der Waals surface area contributed by atoms with Crippen molar-refractivity contribution in [1.82, 2.24) is 39.5 Å². The fourth-order valence-corrected chi connectivity index (χ4v) is 11.5. The second-order valence-electron chi connectivity index (χ2n) is 27.6. The van der Waals surface area contributed by atoms with Crippen LogP contribution in [0, 0.1) is 35.5 Å². The third-order valence-corrected chi connectivity index (χ3v) is 18.7. The van der Waals surface area contributed by atoms with E-state index in [0.29, 0.717) is 151 Å². The highest BCUT2D eigenvalue weighted by Crippen LogP contribution is 2.27. The number of para-hydroxylation sites is 2. The van der Waals surface area contributed by atoms with Crippen LogP contribution in [0.3, 0.4) is 0 Å². The number of carbonyl (C=O) groups is 8. The molecule has 0 fully saturated rings. The largest absolute Gasteiger partial charge is 0.363 e. The van der Waals surface area contributed by atoms with Gasteiger partial charge in [-0.1, -0.05) is 131 Å². The molecule has 0 aliphatic rings. The number of nitrogens with zero attached hydrogens (tertiary/aromatic N) is 8. The molecule has 28 nitrogen and oxygen atoms in total. The lowest BCUT2D eigenvalue weighted by molar-refractivity contribution is 0.101. The van der Waals surface area contributed by atoms with E-state index < -0.39 is 17.7 Å². The molecule has 0 aliphatic heterocycles. The van der Waals surface area contributed by atoms with Gasteiger partial charge in [-0.25, -0.2) is 19.9 Å². The molecule has 8 aromatic carbocycles. The zero-order valence-electron chi connectivity index (χ0n) is 67.6. The monoisotopic (exact) mass is 1760 g/mol. The molecule has 12 N–H and O–H groups in total. The predicted octanol–water partition coefficient (Wildman–Crippen LogP) is 17.2. The Morgan fingerprint density at radius 2 is 0.500 bits per heavy atom. The molecule has 12 rings (SSSR count). The number of amides is 8. The first kappa shape index (κ1) is 91.3. The Labute approximate surface area is 727 Å². The molecule has 0 spiro atoms. The van der Waals surface area contributed by atoms with Gasteiger partial charge in [0.05, 0.1) is 60.1 Å². The van der Waals surface area contributed by atoms with Crippen molar-refractivity contribution in [2.24, 2.45) is 0 Å². The van der Waals surface area contributed by atoms with Crippen molar-refractivity contribution in [2.45, 2.75) is 13.8 Å². The predicted molar refractivity (Wildman–Crippen MR) is 486 cm³/mol. The summed E-state index contributed by atoms with van der Waals surface area (Å²) in [7, 11) is 14.3. The van der Waals surface area contributed by atoms with Gasteiger partial charge in [-0.15, -0.1) is 0 Å². The lowest BCUT2D eigenvalue weighted by Gasteiger charge is -2.14. The Hall–Kier alpha value is -14.7. The van der Waals surface area contributed by atoms with Gasteiger partial charge in [0.2, 0.25) is 0 Å². The summed E-state index contributed by atoms with van der Waals surface area (Å²) in [6.07, 6.45) is 5.90. The van der Waals surface area contributed by atoms with Crippen LogP contribution in [0.5, 0.6) is 0 Å². The van der Waals surface area contributed by atoms with Crippen molar-refractivity contribution in [3.05, 3.63) is 353 Å². The summed E-state index contributed by atoms with van der Waals surface area (Å²) in [4.78, 5) is 125. The topological polar surface area (TPSA) is 393 Å². The molecule has 0 aliphatic carbocycles. The van der Waals surface area contributed by atoms with E-state index in [1.165, 1.54) is 18.6 Å². The van der Waals surface area contributed by atoms with E-state index in [1.54, 1.807) is 301 Å². The SMILES string of the molecule is CN(C)C(=N)c1ccc(C(=O)Nc2ccccc2C(=O)Nc2ccc(Br)cn2)cc1.CN(C)C(=N)c1ccc(C(=O)Nc2ccccc2C(=O)Nc2ccc(Cl)cn2)cc1.Cc1ccc(NC(=O)c2ccc(C(=N)N(C)C)cc2)c(C(=O)Nc2ccc(Cl)cn2)c1.Cc1ccc(NC(=O)c2ccc(C(=N)N(C)C)cc2)c(C(=O)Nc2ccc(Cl)cn2)c1. The first-order valence-electron chi connectivity index (χ1n) is 37.0. The Kier molecular flexibility index (Phi) is 32.3. The van der Waals surface area contributed by atoms with E-state index in [0.717, 1.165) is 15.6 Å². The van der Waals surface area contributed by atoms with Gasteiger partial charge in [-0.05, 0) is 175 Å². The lowest BCUT2D eigenvalue weighted by Crippen LogP contribution is -2.22. The van der Waals surface area contributed by atoms with E-state index in [1.807, 2.05) is 26.0 Å². The minimum absolute atomic E-state index is 0.300. The molecule has 620 valence electrons. The lowest BCUT2D eigenvalue weighted by atomic mass is 10.1. The molecule has 0 atom stereocenters. The first-order valence-corrected chi connectivity index (χ1v) is 38.9. The van der Waals surface area contributed by atoms with E-state index in [2.05, 4.69) is 78.4 Å². The molecular formula is C90H84BrCl3N20O8. The van der Waals surface area contributed by atoms with Crippen LogP contribution in [-0.2, 0) is 0 Å². The normalized spacial score (nSPS) is 10.3. The maximum atomic E-state index is 12.8. The van der Waals surface area contributed by atoms with Crippen LogP contribution in [-0.4, -0.2) is 167 Å². The van der Waals surface area contributed by atoms with Gasteiger partial charge in [-0.3, -0.25) is 60.0 Å². The van der Waals surface area contributed by atoms with Crippen LogP contribution >= 0.6 is 50.7 Å². The van der Waals surface area contributed by atoms with Gasteiger partial charge in [0.25, 0.3) is 47.3 Å². The van der Waals surface area contributed by atoms with Gasteiger partial charge < -0.3 is 62.1 Å². The van der Waals surface area contributed by atoms with Gasteiger partial charge in [0.1, 0.15) is 46.6 Å². The summed E-state index contributed by atoms with van der Waals surface area (Å²) >= 11 is 20.8. The van der Waals surface area contributed by atoms with Crippen molar-refractivity contribution in [2.75, 3.05) is 98.9 Å². The van der Waals surface area contributed by atoms with Gasteiger partial charge in [0.15, 0.2) is 0 Å². The Bertz CT molecular complexity index is 5490. The molecular weight excluding hydrogens is 1680 g/mol. The smallest absolute Gasteiger partial charge is 0.258 e. The number of rotatable bonds is 20. The molecule has 4 aromatic heterocycles. The zero-order chi connectivity index (χ0) is 88.4. The minimum atomic E-state index is -0.407. The number of benzene rings is 8. The molecule has 0 unspecified atom stereocenters. The minimum Gasteiger partial charge on any atom is -0.363 e. The summed E-state index contributed by atoms with van der Waals surface area (Å²) in [6.45, 7) is 3.72. The van der Waals surface area contributed by atoms with Crippen molar-refractivity contribution in [3.63, 3.8) is 0 Å². The second-order valence-corrected chi connectivity index (χ2v) is 29.8. The highest BCUT2D eigenvalue weighted by Gasteiger charge is 2.22. The van der Waals surface area contributed by atoms with E-state index in [9.17, 15) is 38.4 Å². The molecule has 0 bridgehead atoms. The van der Waals surface area contributed by atoms with Crippen LogP contribution < -0.4 is 42.5 Å². The number of hydrogen-bond acceptors (Lipinski definition) is 16. The number of nitrogens with one attached hydrogen (secondary N) is 12. The molecule has 8 amide bonds. The number of amidine groups is 4. The maximum absolute atomic E-state index is 12.8. The summed E-state index contributed by atoms with van der Waals surface area (Å²) < 4.78 is 0.805. The zero-order valence-corrected chi connectivity index (χ0v) is 71.5. The highest BCUT2D eigenvalue weighted by molar-refractivity contribution is 9.10. The van der Waals surface area contributed by atoms with Gasteiger partial charge >= 0.3 is 0 Å². The van der Waals surface area contributed by atoms with Crippen molar-refractivity contribution < 1.29 is 38.4 Å². The van der Waals surface area contributed by atoms with Crippen molar-refractivity contribution in [1.29, 1.82) is 21.6 Å². The van der Waals surface area contributed by atoms with E-state index in [4.69, 9.17) is 56.4 Å². The molecule has 0 radical (unpaired) electrons. The summed E-state index contributed by atoms with van der Waals surface area (Å²) in [5.41, 5.74) is 9.02. The van der Waals surface area contributed by atoms with E-state index >= 15 is 0 Å². The number of aromatic nitrogens is 4. The second kappa shape index (κ2) is 43.2. The third kappa shape index (κ3) is 26.2. The number of pyridine rings is 4. The molecule has 0 saturated carbocycles. The van der Waals surface area contributed by atoms with Crippen LogP contribution in [0.25, 0.3) is 0 Å². The number of hydrogen-bond donors (Lipinski definition) is 12. The number of carbonyl (C=O) groups excluding carboxylic acids is 8. The maximum Gasteiger partial charge on any atom is 0.258 e. The van der Waals surface area contributed by atoms with Crippen LogP contribution in [0.4, 0.5) is 46.0 Å². The quantitative estimate of drug-likeness (QED) is 0.0249. The average Bonchev–Trinajstić information content (AvgIpc) is 0.817. The number of anilines is 8. The standard InChI is InChI=1S/2C23H22ClN5O2.C22H20BrN5O2.C22H20ClN5O2/c2*1-14-4-10-19(18(12-14)23(31)28-20-11-9-17(24)13-26-20)27-22(30)16-7-5-15(6-8-16)21(25)29(2)3;2*1-28(2)20(24)14-7-9-15(10-8-14)21(29)26-18-6-4-3-5-17(18)22(30)27-19-12-11-16(23)13-25-19/h2*4-13,25H,1-3H3,(H,27,30)(H,26,28,31);2*3-13,24H,1-2H3,(H,26,29)(H,25,27,30). The molecule has 0 saturated heterocycles. The fraction of sp³-hybridized carbons (Fsp3) is 0.111. The van der Waals surface area contributed by atoms with E-state index in [-0.39, 0.29) is 29.5 Å². The Morgan fingerprint density at radius 1 is 0.270 bits per heavy atom. The number of aryl methyl sites for hydroxylation is 2. The molecule has 32 heteroatoms. The summed E-state index contributed by atoms with van der Waals surface area (Å²) in [5.74, 6) is -0.144. The van der Waals surface area contributed by atoms with Crippen LogP contribution in [0.2, 0.25) is 15.1 Å².